The van der Waals surface area contributed by atoms with Gasteiger partial charge in [-0.1, -0.05) is 0 Å². The van der Waals surface area contributed by atoms with E-state index in [2.05, 4.69) is 6.92 Å². The van der Waals surface area contributed by atoms with E-state index in [1.165, 1.54) is 7.05 Å². The number of rotatable bonds is 13. The number of hydrogen-bond donors (Lipinski definition) is 2. The fourth-order valence-corrected chi connectivity index (χ4v) is 3.80. The Morgan fingerprint density at radius 3 is 1.82 bits per heavy atom. The molecule has 0 fully saturated rings. The second-order valence-electron chi connectivity index (χ2n) is 7.20. The van der Waals surface area contributed by atoms with Gasteiger partial charge in [0, 0.05) is 19.4 Å². The summed E-state index contributed by atoms with van der Waals surface area (Å²) in [6, 6.07) is 0. The molecule has 0 saturated carbocycles. The van der Waals surface area contributed by atoms with E-state index in [1.54, 1.807) is 6.92 Å². The van der Waals surface area contributed by atoms with Crippen LogP contribution in [0.3, 0.4) is 0 Å². The second-order valence-corrected chi connectivity index (χ2v) is 9.13. The van der Waals surface area contributed by atoms with Crippen LogP contribution in [0.2, 0.25) is 0 Å². The van der Waals surface area contributed by atoms with Crippen molar-refractivity contribution in [1.82, 2.24) is 4.72 Å². The second kappa shape index (κ2) is 13.6. The van der Waals surface area contributed by atoms with Gasteiger partial charge >= 0.3 is 18.5 Å². The van der Waals surface area contributed by atoms with Gasteiger partial charge < -0.3 is 14.8 Å². The maximum absolute atomic E-state index is 13.7. The Hall–Kier alpha value is -1.49. The van der Waals surface area contributed by atoms with Crippen LogP contribution in [0.4, 0.5) is 43.9 Å². The number of likely N-dealkylation sites (N-methyl/N-ethyl adjacent to an activating group) is 1. The van der Waals surface area contributed by atoms with Gasteiger partial charge in [-0.15, -0.1) is 0 Å². The van der Waals surface area contributed by atoms with Gasteiger partial charge in [-0.3, -0.25) is 0 Å². The minimum absolute atomic E-state index is 0.116. The lowest BCUT2D eigenvalue weighted by Crippen LogP contribution is -3.10. The molecule has 0 aromatic rings. The molecule has 0 aliphatic heterocycles. The van der Waals surface area contributed by atoms with Crippen LogP contribution in [0.5, 0.6) is 0 Å². The number of carbonyl (C=O) groups is 1. The van der Waals surface area contributed by atoms with Gasteiger partial charge in [-0.05, 0) is 12.8 Å². The minimum atomic E-state index is -6.66. The van der Waals surface area contributed by atoms with Crippen LogP contribution in [-0.4, -0.2) is 71.0 Å². The standard InChI is InChI=1S/C15H22F10N2O4S.C2H5/c1-27(9-11(28)29)6-3-5-26-32(30,31)7-2-4-10(13(17,18)19)8-12(16,14(20,21)22)15(23,24)25;1-2/h10,26H,2-9H2,1H3,(H,28,29);1H2,2H3/q;+1. The van der Waals surface area contributed by atoms with Gasteiger partial charge in [0.25, 0.3) is 5.67 Å². The van der Waals surface area contributed by atoms with Gasteiger partial charge in [0.2, 0.25) is 10.0 Å². The van der Waals surface area contributed by atoms with E-state index in [0.717, 1.165) is 0 Å². The van der Waals surface area contributed by atoms with Crippen molar-refractivity contribution in [2.75, 3.05) is 32.4 Å². The lowest BCUT2D eigenvalue weighted by atomic mass is 9.87. The van der Waals surface area contributed by atoms with Crippen molar-refractivity contribution in [3.63, 3.8) is 0 Å². The number of halogens is 10. The SMILES string of the molecule is C[NH+](CCCNS(=O)(=O)CCCC(CC(F)(C(F)(F)F)C(F)(F)F)C(F)(F)F)CC(=O)[O-].[CH2+]C. The first-order valence-corrected chi connectivity index (χ1v) is 11.4. The number of hydrogen-bond acceptors (Lipinski definition) is 4. The molecule has 204 valence electrons. The molecule has 0 saturated heterocycles. The maximum Gasteiger partial charge on any atom is 0.431 e. The Morgan fingerprint density at radius 1 is 0.971 bits per heavy atom. The monoisotopic (exact) mass is 545 g/mol. The molecule has 2 unspecified atom stereocenters. The third-order valence-electron chi connectivity index (χ3n) is 4.40. The number of quaternary nitrogens is 1. The summed E-state index contributed by atoms with van der Waals surface area (Å²) in [6.45, 7) is 4.57. The molecule has 0 rings (SSSR count). The van der Waals surface area contributed by atoms with Crippen LogP contribution < -0.4 is 14.7 Å². The molecule has 0 amide bonds. The predicted octanol–water partition coefficient (Wildman–Crippen LogP) is 1.58. The molecule has 0 aromatic carbocycles. The fourth-order valence-electron chi connectivity index (χ4n) is 2.66. The first kappa shape index (κ1) is 34.7. The highest BCUT2D eigenvalue weighted by Crippen LogP contribution is 2.52. The summed E-state index contributed by atoms with van der Waals surface area (Å²) in [5.74, 6) is -5.80. The van der Waals surface area contributed by atoms with Crippen LogP contribution in [0.25, 0.3) is 0 Å². The number of alkyl halides is 10. The molecule has 0 aliphatic rings. The lowest BCUT2D eigenvalue weighted by molar-refractivity contribution is -0.873. The van der Waals surface area contributed by atoms with E-state index >= 15 is 0 Å². The zero-order valence-corrected chi connectivity index (χ0v) is 19.1. The molecule has 0 aromatic heterocycles. The molecule has 0 radical (unpaired) electrons. The van der Waals surface area contributed by atoms with E-state index in [9.17, 15) is 62.2 Å². The molecular formula is C17H27F10N2O4S+. The van der Waals surface area contributed by atoms with Crippen molar-refractivity contribution in [1.29, 1.82) is 0 Å². The molecule has 17 heteroatoms. The van der Waals surface area contributed by atoms with Crippen LogP contribution in [-0.2, 0) is 14.8 Å². The largest absolute Gasteiger partial charge is 0.544 e. The van der Waals surface area contributed by atoms with Crippen molar-refractivity contribution >= 4 is 16.0 Å². The average molecular weight is 545 g/mol. The van der Waals surface area contributed by atoms with Gasteiger partial charge in [0.05, 0.1) is 45.1 Å². The lowest BCUT2D eigenvalue weighted by Gasteiger charge is -2.33. The Balaban J connectivity index is 0. The van der Waals surface area contributed by atoms with Crippen molar-refractivity contribution in [2.24, 2.45) is 5.92 Å². The molecule has 6 nitrogen and oxygen atoms in total. The highest BCUT2D eigenvalue weighted by atomic mass is 32.2. The quantitative estimate of drug-likeness (QED) is 0.209. The summed E-state index contributed by atoms with van der Waals surface area (Å²) in [6.07, 6.45) is -24.3. The zero-order chi connectivity index (χ0) is 27.6. The predicted molar refractivity (Wildman–Crippen MR) is 98.4 cm³/mol. The highest BCUT2D eigenvalue weighted by Gasteiger charge is 2.73. The number of carboxylic acids is 1. The first-order valence-electron chi connectivity index (χ1n) is 9.70. The van der Waals surface area contributed by atoms with Crippen LogP contribution >= 0.6 is 0 Å². The summed E-state index contributed by atoms with van der Waals surface area (Å²) in [5, 5.41) is 10.4. The van der Waals surface area contributed by atoms with Crippen molar-refractivity contribution in [2.45, 2.75) is 56.8 Å². The topological polar surface area (TPSA) is 90.7 Å². The highest BCUT2D eigenvalue weighted by molar-refractivity contribution is 7.89. The molecule has 0 bridgehead atoms. The molecule has 34 heavy (non-hydrogen) atoms. The normalized spacial score (nSPS) is 15.3. The molecule has 0 aliphatic carbocycles. The van der Waals surface area contributed by atoms with Gasteiger partial charge in [0.15, 0.2) is 0 Å². The maximum atomic E-state index is 13.7. The molecule has 0 heterocycles. The van der Waals surface area contributed by atoms with Gasteiger partial charge in [-0.2, -0.15) is 39.5 Å². The average Bonchev–Trinajstić information content (AvgIpc) is 2.62. The number of carbonyl (C=O) groups excluding carboxylic acids is 1. The summed E-state index contributed by atoms with van der Waals surface area (Å²) in [4.78, 5) is 10.8. The van der Waals surface area contributed by atoms with Gasteiger partial charge in [0.1, 0.15) is 6.54 Å². The minimum Gasteiger partial charge on any atom is -0.544 e. The summed E-state index contributed by atoms with van der Waals surface area (Å²) in [5.41, 5.74) is -6.11. The molecular weight excluding hydrogens is 518 g/mol. The molecule has 0 spiro atoms. The number of aliphatic carboxylic acids is 1. The van der Waals surface area contributed by atoms with E-state index in [-0.39, 0.29) is 26.1 Å². The third-order valence-corrected chi connectivity index (χ3v) is 5.87. The van der Waals surface area contributed by atoms with Gasteiger partial charge in [-0.25, -0.2) is 17.5 Å². The summed E-state index contributed by atoms with van der Waals surface area (Å²) in [7, 11) is -2.77. The van der Waals surface area contributed by atoms with E-state index in [0.29, 0.717) is 4.90 Å². The zero-order valence-electron chi connectivity index (χ0n) is 18.3. The smallest absolute Gasteiger partial charge is 0.431 e. The van der Waals surface area contributed by atoms with E-state index in [4.69, 9.17) is 0 Å². The Labute approximate surface area is 190 Å². The molecule has 2 atom stereocenters. The summed E-state index contributed by atoms with van der Waals surface area (Å²) < 4.78 is 153. The fraction of sp³-hybridized carbons (Fsp3) is 0.882. The Morgan fingerprint density at radius 2 is 1.44 bits per heavy atom. The first-order chi connectivity index (χ1) is 15.1. The number of nitrogens with one attached hydrogen (secondary N) is 2. The van der Waals surface area contributed by atoms with Crippen molar-refractivity contribution in [3.05, 3.63) is 6.92 Å². The number of carboxylic acid groups (broad SMARTS) is 1. The Bertz CT molecular complexity index is 695. The van der Waals surface area contributed by atoms with Crippen molar-refractivity contribution < 1.29 is 67.1 Å². The third kappa shape index (κ3) is 12.3. The van der Waals surface area contributed by atoms with Crippen LogP contribution in [0.15, 0.2) is 0 Å². The molecule has 2 N–H and O–H groups in total. The Kier molecular flexibility index (Phi) is 13.8. The number of sulfonamides is 1. The van der Waals surface area contributed by atoms with Crippen LogP contribution in [0.1, 0.15) is 32.6 Å². The van der Waals surface area contributed by atoms with E-state index < -0.39 is 71.1 Å². The van der Waals surface area contributed by atoms with E-state index in [1.807, 2.05) is 4.72 Å². The van der Waals surface area contributed by atoms with Crippen molar-refractivity contribution in [3.8, 4) is 0 Å². The summed E-state index contributed by atoms with van der Waals surface area (Å²) >= 11 is 0. The van der Waals surface area contributed by atoms with Crippen LogP contribution in [0, 0.1) is 12.8 Å².